The molecule has 35 heavy (non-hydrogen) atoms. The van der Waals surface area contributed by atoms with Crippen molar-refractivity contribution < 1.29 is 27.1 Å². The predicted octanol–water partition coefficient (Wildman–Crippen LogP) is 3.67. The van der Waals surface area contributed by atoms with Gasteiger partial charge < -0.3 is 15.0 Å². The molecule has 0 aliphatic heterocycles. The molecule has 0 aliphatic carbocycles. The van der Waals surface area contributed by atoms with Gasteiger partial charge in [0.25, 0.3) is 11.5 Å². The number of aromatic nitrogens is 4. The Kier molecular flexibility index (Phi) is 6.82. The summed E-state index contributed by atoms with van der Waals surface area (Å²) in [6.07, 6.45) is 3.45. The number of halogens is 5. The summed E-state index contributed by atoms with van der Waals surface area (Å²) >= 11 is 5.97. The van der Waals surface area contributed by atoms with Crippen molar-refractivity contribution in [1.82, 2.24) is 24.8 Å². The number of H-pyrrole nitrogens is 1. The first-order chi connectivity index (χ1) is 16.7. The number of carbonyl (C=O) groups excluding carboxylic acids is 1. The SMILES string of the molecule is O=C(NCc1cc(F)c(-n2cnc(OCc3ccc(F)cc3F)c(Cl)c2=O)c(F)c1)c1c[nH]cn1. The summed E-state index contributed by atoms with van der Waals surface area (Å²) in [7, 11) is 0. The number of hydrogen-bond donors (Lipinski definition) is 2. The van der Waals surface area contributed by atoms with Gasteiger partial charge in [-0.1, -0.05) is 11.6 Å². The Morgan fingerprint density at radius 2 is 1.83 bits per heavy atom. The van der Waals surface area contributed by atoms with Crippen LogP contribution in [0, 0.1) is 23.3 Å². The summed E-state index contributed by atoms with van der Waals surface area (Å²) in [6.45, 7) is -0.635. The Morgan fingerprint density at radius 1 is 1.09 bits per heavy atom. The lowest BCUT2D eigenvalue weighted by Gasteiger charge is -2.13. The van der Waals surface area contributed by atoms with E-state index in [1.54, 1.807) is 0 Å². The molecule has 2 heterocycles. The molecule has 0 atom stereocenters. The molecule has 2 aromatic carbocycles. The lowest BCUT2D eigenvalue weighted by molar-refractivity contribution is 0.0946. The molecular formula is C22H14ClF4N5O3. The van der Waals surface area contributed by atoms with Crippen LogP contribution in [0.5, 0.6) is 5.88 Å². The molecule has 2 aromatic heterocycles. The Hall–Kier alpha value is -4.19. The van der Waals surface area contributed by atoms with E-state index >= 15 is 0 Å². The Labute approximate surface area is 199 Å². The van der Waals surface area contributed by atoms with Crippen LogP contribution in [0.4, 0.5) is 17.6 Å². The van der Waals surface area contributed by atoms with Gasteiger partial charge in [0.15, 0.2) is 16.7 Å². The third-order valence-corrected chi connectivity index (χ3v) is 5.09. The van der Waals surface area contributed by atoms with Crippen LogP contribution in [0.1, 0.15) is 21.6 Å². The van der Waals surface area contributed by atoms with E-state index in [1.165, 1.54) is 12.5 Å². The highest BCUT2D eigenvalue weighted by Crippen LogP contribution is 2.23. The predicted molar refractivity (Wildman–Crippen MR) is 115 cm³/mol. The van der Waals surface area contributed by atoms with E-state index in [0.717, 1.165) is 30.6 Å². The Bertz CT molecular complexity index is 1440. The van der Waals surface area contributed by atoms with Crippen molar-refractivity contribution in [1.29, 1.82) is 0 Å². The number of nitrogens with one attached hydrogen (secondary N) is 2. The second-order valence-corrected chi connectivity index (χ2v) is 7.49. The number of rotatable bonds is 7. The molecule has 0 aliphatic rings. The molecule has 1 amide bonds. The molecule has 4 rings (SSSR count). The number of nitrogens with zero attached hydrogens (tertiary/aromatic N) is 3. The van der Waals surface area contributed by atoms with Crippen LogP contribution in [-0.2, 0) is 13.2 Å². The van der Waals surface area contributed by atoms with Crippen LogP contribution in [-0.4, -0.2) is 25.4 Å². The zero-order valence-corrected chi connectivity index (χ0v) is 18.2. The first kappa shape index (κ1) is 24.0. The number of hydrogen-bond acceptors (Lipinski definition) is 5. The fourth-order valence-electron chi connectivity index (χ4n) is 3.07. The lowest BCUT2D eigenvalue weighted by atomic mass is 10.1. The topological polar surface area (TPSA) is 102 Å². The van der Waals surface area contributed by atoms with Crippen LogP contribution in [0.15, 0.2) is 54.0 Å². The van der Waals surface area contributed by atoms with E-state index in [0.29, 0.717) is 10.6 Å². The van der Waals surface area contributed by atoms with Gasteiger partial charge in [0.05, 0.1) is 6.33 Å². The fourth-order valence-corrected chi connectivity index (χ4v) is 3.26. The minimum atomic E-state index is -1.11. The number of benzene rings is 2. The summed E-state index contributed by atoms with van der Waals surface area (Å²) in [6, 6.07) is 4.69. The number of carbonyl (C=O) groups is 1. The minimum Gasteiger partial charge on any atom is -0.471 e. The maximum absolute atomic E-state index is 14.7. The largest absolute Gasteiger partial charge is 0.471 e. The smallest absolute Gasteiger partial charge is 0.280 e. The Morgan fingerprint density at radius 3 is 2.49 bits per heavy atom. The van der Waals surface area contributed by atoms with Gasteiger partial charge in [0.2, 0.25) is 5.88 Å². The highest BCUT2D eigenvalue weighted by molar-refractivity contribution is 6.31. The van der Waals surface area contributed by atoms with Crippen molar-refractivity contribution in [2.75, 3.05) is 0 Å². The van der Waals surface area contributed by atoms with Crippen LogP contribution >= 0.6 is 11.6 Å². The summed E-state index contributed by atoms with van der Waals surface area (Å²) in [5.74, 6) is -4.85. The van der Waals surface area contributed by atoms with E-state index in [4.69, 9.17) is 16.3 Å². The molecule has 0 bridgehead atoms. The molecule has 0 unspecified atom stereocenters. The summed E-state index contributed by atoms with van der Waals surface area (Å²) < 4.78 is 62.0. The van der Waals surface area contributed by atoms with E-state index in [2.05, 4.69) is 20.3 Å². The number of aromatic amines is 1. The third-order valence-electron chi connectivity index (χ3n) is 4.77. The highest BCUT2D eigenvalue weighted by Gasteiger charge is 2.19. The summed E-state index contributed by atoms with van der Waals surface area (Å²) in [4.78, 5) is 34.7. The lowest BCUT2D eigenvalue weighted by Crippen LogP contribution is -2.24. The van der Waals surface area contributed by atoms with Gasteiger partial charge in [0.1, 0.15) is 35.9 Å². The van der Waals surface area contributed by atoms with Crippen LogP contribution < -0.4 is 15.6 Å². The summed E-state index contributed by atoms with van der Waals surface area (Å²) in [5.41, 5.74) is -1.64. The molecule has 180 valence electrons. The molecular weight excluding hydrogens is 494 g/mol. The minimum absolute atomic E-state index is 0.0273. The van der Waals surface area contributed by atoms with Crippen molar-refractivity contribution in [2.45, 2.75) is 13.2 Å². The number of ether oxygens (including phenoxy) is 1. The van der Waals surface area contributed by atoms with Gasteiger partial charge in [-0.3, -0.25) is 14.2 Å². The average Bonchev–Trinajstić information content (AvgIpc) is 3.35. The van der Waals surface area contributed by atoms with Crippen molar-refractivity contribution in [3.8, 4) is 11.6 Å². The van der Waals surface area contributed by atoms with Gasteiger partial charge in [-0.15, -0.1) is 0 Å². The molecule has 2 N–H and O–H groups in total. The maximum Gasteiger partial charge on any atom is 0.280 e. The molecule has 0 fully saturated rings. The average molecular weight is 508 g/mol. The monoisotopic (exact) mass is 507 g/mol. The number of imidazole rings is 1. The van der Waals surface area contributed by atoms with E-state index in [9.17, 15) is 27.2 Å². The Balaban J connectivity index is 1.53. The first-order valence-electron chi connectivity index (χ1n) is 9.83. The number of amides is 1. The zero-order valence-electron chi connectivity index (χ0n) is 17.5. The van der Waals surface area contributed by atoms with Gasteiger partial charge in [-0.2, -0.15) is 0 Å². The van der Waals surface area contributed by atoms with E-state index in [-0.39, 0.29) is 23.4 Å². The molecule has 0 radical (unpaired) electrons. The van der Waals surface area contributed by atoms with Gasteiger partial charge in [-0.05, 0) is 29.8 Å². The molecule has 0 spiro atoms. The van der Waals surface area contributed by atoms with Crippen LogP contribution in [0.3, 0.4) is 0 Å². The van der Waals surface area contributed by atoms with Crippen molar-refractivity contribution in [2.24, 2.45) is 0 Å². The molecule has 4 aromatic rings. The molecule has 0 saturated heterocycles. The van der Waals surface area contributed by atoms with Crippen LogP contribution in [0.25, 0.3) is 5.69 Å². The maximum atomic E-state index is 14.7. The zero-order chi connectivity index (χ0) is 25.1. The molecule has 13 heteroatoms. The van der Waals surface area contributed by atoms with Crippen molar-refractivity contribution in [3.63, 3.8) is 0 Å². The van der Waals surface area contributed by atoms with E-state index < -0.39 is 57.9 Å². The second-order valence-electron chi connectivity index (χ2n) is 7.11. The second kappa shape index (κ2) is 9.97. The van der Waals surface area contributed by atoms with Crippen molar-refractivity contribution >= 4 is 17.5 Å². The normalized spacial score (nSPS) is 10.9. The van der Waals surface area contributed by atoms with Gasteiger partial charge in [0, 0.05) is 24.4 Å². The standard InChI is InChI=1S/C22H14ClF4N5O3/c23-18-21(35-8-12-1-2-13(24)5-14(12)25)31-10-32(22(18)34)19-15(26)3-11(4-16(19)27)6-29-20(33)17-7-28-9-30-17/h1-5,7,9-10H,6,8H2,(H,28,30)(H,29,33). The first-order valence-corrected chi connectivity index (χ1v) is 10.2. The van der Waals surface area contributed by atoms with E-state index in [1.807, 2.05) is 0 Å². The van der Waals surface area contributed by atoms with Gasteiger partial charge >= 0.3 is 0 Å². The third kappa shape index (κ3) is 5.17. The molecule has 8 nitrogen and oxygen atoms in total. The quantitative estimate of drug-likeness (QED) is 0.372. The van der Waals surface area contributed by atoms with Crippen molar-refractivity contribution in [3.05, 3.63) is 105 Å². The highest BCUT2D eigenvalue weighted by atomic mass is 35.5. The molecule has 0 saturated carbocycles. The van der Waals surface area contributed by atoms with Gasteiger partial charge in [-0.25, -0.2) is 27.5 Å². The fraction of sp³-hybridized carbons (Fsp3) is 0.0909. The summed E-state index contributed by atoms with van der Waals surface area (Å²) in [5, 5.41) is 1.85. The van der Waals surface area contributed by atoms with Crippen LogP contribution in [0.2, 0.25) is 5.02 Å².